The lowest BCUT2D eigenvalue weighted by molar-refractivity contribution is 0.102. The maximum absolute atomic E-state index is 13.4. The molecule has 0 aliphatic rings. The molecule has 3 aromatic carbocycles. The smallest absolute Gasteiger partial charge is 0.212 e. The van der Waals surface area contributed by atoms with Gasteiger partial charge < -0.3 is 0 Å². The van der Waals surface area contributed by atoms with E-state index in [1.165, 1.54) is 149 Å². The molecule has 0 fully saturated rings. The fourth-order valence-corrected chi connectivity index (χ4v) is 8.38. The summed E-state index contributed by atoms with van der Waals surface area (Å²) in [4.78, 5) is 15.9. The zero-order chi connectivity index (χ0) is 32.5. The summed E-state index contributed by atoms with van der Waals surface area (Å²) >= 11 is 0. The number of rotatable bonds is 27. The van der Waals surface area contributed by atoms with Crippen LogP contribution >= 0.6 is 0 Å². The van der Waals surface area contributed by atoms with E-state index in [0.29, 0.717) is 5.75 Å². The molecule has 3 aromatic rings. The van der Waals surface area contributed by atoms with Gasteiger partial charge >= 0.3 is 0 Å². The highest BCUT2D eigenvalue weighted by atomic mass is 32.2. The third kappa shape index (κ3) is 16.0. The standard InChI is InChI=1S/C44H65OS/c1-3-5-7-9-11-13-15-17-19-22-26-39-30-34-42(35-31-39)46(38-44(45)41-28-24-21-25-29-41)43-36-32-40(33-37-43)27-23-20-18-16-14-12-10-8-6-4-2/h21,24-25,28-37H,3-20,22-23,26-27,38H2,1-2H3/q+1. The van der Waals surface area contributed by atoms with E-state index >= 15 is 0 Å². The molecule has 0 unspecified atom stereocenters. The minimum atomic E-state index is -0.277. The highest BCUT2D eigenvalue weighted by Crippen LogP contribution is 2.27. The van der Waals surface area contributed by atoms with Crippen molar-refractivity contribution in [3.63, 3.8) is 0 Å². The number of carbonyl (C=O) groups excluding carboxylic acids is 1. The number of carbonyl (C=O) groups is 1. The summed E-state index contributed by atoms with van der Waals surface area (Å²) in [5.74, 6) is 0.757. The predicted octanol–water partition coefficient (Wildman–Crippen LogP) is 13.5. The number of aryl methyl sites for hydroxylation is 2. The van der Waals surface area contributed by atoms with E-state index in [2.05, 4.69) is 62.4 Å². The fourth-order valence-electron chi connectivity index (χ4n) is 6.42. The number of benzene rings is 3. The van der Waals surface area contributed by atoms with Crippen molar-refractivity contribution in [3.8, 4) is 0 Å². The predicted molar refractivity (Wildman–Crippen MR) is 204 cm³/mol. The van der Waals surface area contributed by atoms with Crippen molar-refractivity contribution in [2.24, 2.45) is 0 Å². The first-order chi connectivity index (χ1) is 22.7. The van der Waals surface area contributed by atoms with Gasteiger partial charge in [-0.25, -0.2) is 0 Å². The number of ketones is 1. The Morgan fingerprint density at radius 1 is 0.435 bits per heavy atom. The van der Waals surface area contributed by atoms with E-state index in [9.17, 15) is 4.79 Å². The van der Waals surface area contributed by atoms with Crippen molar-refractivity contribution in [2.45, 2.75) is 165 Å². The van der Waals surface area contributed by atoms with Gasteiger partial charge in [-0.1, -0.05) is 184 Å². The van der Waals surface area contributed by atoms with E-state index in [0.717, 1.165) is 18.4 Å². The molecule has 1 nitrogen and oxygen atoms in total. The quantitative estimate of drug-likeness (QED) is 0.0460. The largest absolute Gasteiger partial charge is 0.289 e. The minimum absolute atomic E-state index is 0.229. The Balaban J connectivity index is 1.48. The summed E-state index contributed by atoms with van der Waals surface area (Å²) < 4.78 is 0. The van der Waals surface area contributed by atoms with Crippen LogP contribution in [0.4, 0.5) is 0 Å². The summed E-state index contributed by atoms with van der Waals surface area (Å²) in [5, 5.41) is 0. The lowest BCUT2D eigenvalue weighted by Crippen LogP contribution is -2.17. The second-order valence-corrected chi connectivity index (χ2v) is 15.5. The van der Waals surface area contributed by atoms with Gasteiger partial charge in [0.2, 0.25) is 5.78 Å². The number of Topliss-reactive ketones (excluding diaryl/α,β-unsaturated/α-hetero) is 1. The van der Waals surface area contributed by atoms with E-state index in [-0.39, 0.29) is 16.7 Å². The molecular weight excluding hydrogens is 577 g/mol. The van der Waals surface area contributed by atoms with Gasteiger partial charge in [-0.05, 0) is 61.1 Å². The number of hydrogen-bond donors (Lipinski definition) is 0. The fraction of sp³-hybridized carbons (Fsp3) is 0.568. The molecular formula is C44H65OS+. The summed E-state index contributed by atoms with van der Waals surface area (Å²) in [6, 6.07) is 28.3. The average Bonchev–Trinajstić information content (AvgIpc) is 3.10. The van der Waals surface area contributed by atoms with Crippen LogP contribution in [0.2, 0.25) is 0 Å². The lowest BCUT2D eigenvalue weighted by atomic mass is 10.0. The molecule has 0 radical (unpaired) electrons. The molecule has 0 spiro atoms. The van der Waals surface area contributed by atoms with Gasteiger partial charge in [0, 0.05) is 5.56 Å². The van der Waals surface area contributed by atoms with Crippen molar-refractivity contribution in [3.05, 3.63) is 95.6 Å². The van der Waals surface area contributed by atoms with Crippen LogP contribution < -0.4 is 0 Å². The molecule has 3 rings (SSSR count). The van der Waals surface area contributed by atoms with E-state index in [1.807, 2.05) is 30.3 Å². The maximum atomic E-state index is 13.4. The van der Waals surface area contributed by atoms with Crippen molar-refractivity contribution in [2.75, 3.05) is 5.75 Å². The van der Waals surface area contributed by atoms with E-state index < -0.39 is 0 Å². The SMILES string of the molecule is CCCCCCCCCCCCc1ccc([S+](CC(=O)c2ccccc2)c2ccc(CCCCCCCCCCCC)cc2)cc1. The van der Waals surface area contributed by atoms with Crippen LogP contribution in [0, 0.1) is 0 Å². The summed E-state index contributed by atoms with van der Waals surface area (Å²) in [7, 11) is -0.277. The third-order valence-corrected chi connectivity index (χ3v) is 11.7. The number of hydrogen-bond acceptors (Lipinski definition) is 1. The van der Waals surface area contributed by atoms with Crippen molar-refractivity contribution in [1.82, 2.24) is 0 Å². The van der Waals surface area contributed by atoms with Crippen LogP contribution in [-0.2, 0) is 23.7 Å². The first kappa shape index (κ1) is 38.1. The Bertz CT molecular complexity index is 1080. The van der Waals surface area contributed by atoms with Gasteiger partial charge in [0.1, 0.15) is 0 Å². The van der Waals surface area contributed by atoms with E-state index in [4.69, 9.17) is 0 Å². The van der Waals surface area contributed by atoms with Gasteiger partial charge in [-0.3, -0.25) is 4.79 Å². The molecule has 0 saturated heterocycles. The molecule has 2 heteroatoms. The zero-order valence-electron chi connectivity index (χ0n) is 29.6. The average molecular weight is 642 g/mol. The van der Waals surface area contributed by atoms with Gasteiger partial charge in [0.15, 0.2) is 15.5 Å². The Hall–Kier alpha value is -2.32. The second-order valence-electron chi connectivity index (χ2n) is 13.5. The monoisotopic (exact) mass is 641 g/mol. The van der Waals surface area contributed by atoms with Crippen molar-refractivity contribution in [1.29, 1.82) is 0 Å². The van der Waals surface area contributed by atoms with E-state index in [1.54, 1.807) is 0 Å². The molecule has 252 valence electrons. The second kappa shape index (κ2) is 24.8. The zero-order valence-corrected chi connectivity index (χ0v) is 30.4. The number of unbranched alkanes of at least 4 members (excludes halogenated alkanes) is 18. The molecule has 0 saturated carbocycles. The molecule has 0 heterocycles. The first-order valence-corrected chi connectivity index (χ1v) is 20.6. The Morgan fingerprint density at radius 3 is 1.15 bits per heavy atom. The van der Waals surface area contributed by atoms with Crippen LogP contribution in [-0.4, -0.2) is 11.5 Å². The van der Waals surface area contributed by atoms with Crippen LogP contribution in [0.1, 0.15) is 164 Å². The molecule has 0 aliphatic carbocycles. The maximum Gasteiger partial charge on any atom is 0.212 e. The van der Waals surface area contributed by atoms with Crippen molar-refractivity contribution < 1.29 is 4.79 Å². The Labute approximate surface area is 286 Å². The first-order valence-electron chi connectivity index (χ1n) is 19.2. The Kier molecular flexibility index (Phi) is 20.6. The summed E-state index contributed by atoms with van der Waals surface area (Å²) in [6.45, 7) is 4.58. The van der Waals surface area contributed by atoms with Gasteiger partial charge in [-0.2, -0.15) is 0 Å². The highest BCUT2D eigenvalue weighted by Gasteiger charge is 2.29. The van der Waals surface area contributed by atoms with Crippen LogP contribution in [0.15, 0.2) is 88.7 Å². The highest BCUT2D eigenvalue weighted by molar-refractivity contribution is 7.97. The van der Waals surface area contributed by atoms with Gasteiger partial charge in [0.05, 0.1) is 10.9 Å². The molecule has 46 heavy (non-hydrogen) atoms. The van der Waals surface area contributed by atoms with Crippen LogP contribution in [0.5, 0.6) is 0 Å². The molecule has 0 atom stereocenters. The van der Waals surface area contributed by atoms with Crippen LogP contribution in [0.25, 0.3) is 0 Å². The molecule has 0 N–H and O–H groups in total. The summed E-state index contributed by atoms with van der Waals surface area (Å²) in [5.41, 5.74) is 3.66. The molecule has 0 aromatic heterocycles. The molecule has 0 amide bonds. The van der Waals surface area contributed by atoms with Crippen molar-refractivity contribution >= 4 is 16.7 Å². The molecule has 0 aliphatic heterocycles. The molecule has 0 bridgehead atoms. The Morgan fingerprint density at radius 2 is 0.783 bits per heavy atom. The minimum Gasteiger partial charge on any atom is -0.289 e. The van der Waals surface area contributed by atoms with Gasteiger partial charge in [0.25, 0.3) is 0 Å². The third-order valence-electron chi connectivity index (χ3n) is 9.42. The normalized spacial score (nSPS) is 11.4. The van der Waals surface area contributed by atoms with Gasteiger partial charge in [-0.15, -0.1) is 0 Å². The summed E-state index contributed by atoms with van der Waals surface area (Å²) in [6.07, 6.45) is 29.8. The lowest BCUT2D eigenvalue weighted by Gasteiger charge is -2.10. The topological polar surface area (TPSA) is 17.1 Å². The van der Waals surface area contributed by atoms with Crippen LogP contribution in [0.3, 0.4) is 0 Å².